The normalized spacial score (nSPS) is 12.7. The van der Waals surface area contributed by atoms with Crippen molar-refractivity contribution in [3.63, 3.8) is 0 Å². The first-order chi connectivity index (χ1) is 6.85. The Kier molecular flexibility index (Phi) is 5.51. The van der Waals surface area contributed by atoms with Gasteiger partial charge in [0.1, 0.15) is 10.6 Å². The molecule has 0 saturated carbocycles. The van der Waals surface area contributed by atoms with Gasteiger partial charge in [0.25, 0.3) is 0 Å². The number of carboxylic acid groups (broad SMARTS) is 1. The quantitative estimate of drug-likeness (QED) is 0.471. The number of nitrogens with zero attached hydrogens (tertiary/aromatic N) is 2. The first kappa shape index (κ1) is 13.5. The van der Waals surface area contributed by atoms with Crippen molar-refractivity contribution in [1.29, 1.82) is 5.53 Å². The van der Waals surface area contributed by atoms with E-state index in [0.717, 1.165) is 0 Å². The lowest BCUT2D eigenvalue weighted by Gasteiger charge is -2.20. The van der Waals surface area contributed by atoms with Crippen LogP contribution in [0.1, 0.15) is 20.8 Å². The van der Waals surface area contributed by atoms with E-state index < -0.39 is 12.1 Å². The van der Waals surface area contributed by atoms with Gasteiger partial charge in [-0.2, -0.15) is 0 Å². The monoisotopic (exact) mass is 217 g/mol. The van der Waals surface area contributed by atoms with E-state index in [4.69, 9.17) is 15.4 Å². The average Bonchev–Trinajstić information content (AvgIpc) is 2.08. The van der Waals surface area contributed by atoms with Gasteiger partial charge in [-0.1, -0.05) is 0 Å². The number of amides is 1. The van der Waals surface area contributed by atoms with Gasteiger partial charge in [0.15, 0.2) is 6.04 Å². The Labute approximate surface area is 88.0 Å². The summed E-state index contributed by atoms with van der Waals surface area (Å²) in [7, 11) is 0. The molecule has 0 bridgehead atoms. The molecule has 0 aromatic carbocycles. The lowest BCUT2D eigenvalue weighted by atomic mass is 10.2. The second-order valence-electron chi connectivity index (χ2n) is 3.98. The Morgan fingerprint density at radius 2 is 2.27 bits per heavy atom. The highest BCUT2D eigenvalue weighted by atomic mass is 16.5. The third-order valence-electron chi connectivity index (χ3n) is 1.42. The van der Waals surface area contributed by atoms with Gasteiger partial charge >= 0.3 is 6.09 Å². The van der Waals surface area contributed by atoms with Crippen LogP contribution >= 0.6 is 0 Å². The van der Waals surface area contributed by atoms with Crippen LogP contribution in [0.3, 0.4) is 0 Å². The van der Waals surface area contributed by atoms with E-state index in [-0.39, 0.29) is 18.8 Å². The van der Waals surface area contributed by atoms with Crippen LogP contribution in [-0.2, 0) is 4.74 Å². The molecule has 1 atom stereocenters. The third-order valence-corrected chi connectivity index (χ3v) is 1.42. The highest BCUT2D eigenvalue weighted by Gasteiger charge is 2.18. The Morgan fingerprint density at radius 1 is 1.67 bits per heavy atom. The number of ether oxygens (including phenoxy) is 1. The fourth-order valence-corrected chi connectivity index (χ4v) is 0.766. The second-order valence-corrected chi connectivity index (χ2v) is 3.98. The summed E-state index contributed by atoms with van der Waals surface area (Å²) in [6, 6.07) is -0.460. The average molecular weight is 217 g/mol. The summed E-state index contributed by atoms with van der Waals surface area (Å²) in [4.78, 5) is 13.1. The van der Waals surface area contributed by atoms with Crippen molar-refractivity contribution in [3.8, 4) is 0 Å². The molecule has 0 saturated heterocycles. The topological polar surface area (TPSA) is 109 Å². The van der Waals surface area contributed by atoms with E-state index in [0.29, 0.717) is 0 Å². The Hall–Kier alpha value is -1.46. The summed E-state index contributed by atoms with van der Waals surface area (Å²) in [6.07, 6.45) is -1.13. The minimum Gasteiger partial charge on any atom is -0.465 e. The minimum absolute atomic E-state index is 0.0911. The van der Waals surface area contributed by atoms with Crippen molar-refractivity contribution < 1.29 is 14.6 Å². The first-order valence-electron chi connectivity index (χ1n) is 4.52. The van der Waals surface area contributed by atoms with Crippen LogP contribution < -0.4 is 10.2 Å². The first-order valence-corrected chi connectivity index (χ1v) is 4.52. The van der Waals surface area contributed by atoms with Gasteiger partial charge in [-0.25, -0.2) is 4.79 Å². The van der Waals surface area contributed by atoms with E-state index >= 15 is 0 Å². The predicted molar refractivity (Wildman–Crippen MR) is 52.8 cm³/mol. The zero-order chi connectivity index (χ0) is 11.9. The Balaban J connectivity index is 4.05. The van der Waals surface area contributed by atoms with Crippen LogP contribution in [0.25, 0.3) is 0 Å². The molecule has 0 radical (unpaired) electrons. The Morgan fingerprint density at radius 3 is 2.67 bits per heavy atom. The summed E-state index contributed by atoms with van der Waals surface area (Å²) in [5, 5.41) is 14.1. The highest BCUT2D eigenvalue weighted by Crippen LogP contribution is 2.07. The van der Waals surface area contributed by atoms with Crippen molar-refractivity contribution in [2.45, 2.75) is 32.4 Å². The summed E-state index contributed by atoms with van der Waals surface area (Å²) in [5.74, 6) is 0. The molecule has 0 heterocycles. The van der Waals surface area contributed by atoms with Crippen LogP contribution in [-0.4, -0.2) is 36.0 Å². The second kappa shape index (κ2) is 6.10. The van der Waals surface area contributed by atoms with E-state index in [2.05, 4.69) is 15.3 Å². The van der Waals surface area contributed by atoms with Crippen molar-refractivity contribution in [3.05, 3.63) is 0 Å². The van der Waals surface area contributed by atoms with Crippen LogP contribution in [0, 0.1) is 5.53 Å². The van der Waals surface area contributed by atoms with E-state index in [1.54, 1.807) is 0 Å². The molecule has 0 rings (SSSR count). The number of rotatable bonds is 5. The molecule has 1 amide bonds. The number of hydrogen-bond donors (Lipinski definition) is 3. The summed E-state index contributed by atoms with van der Waals surface area (Å²) in [5.41, 5.74) is 6.26. The maximum absolute atomic E-state index is 10.2. The molecular weight excluding hydrogens is 200 g/mol. The molecular formula is C8H17N4O3+. The SMILES string of the molecule is CC(C)(C)OCC(CNC(=O)O)N=[N+]=N. The Bertz CT molecular complexity index is 255. The van der Waals surface area contributed by atoms with Gasteiger partial charge in [0.05, 0.1) is 18.8 Å². The van der Waals surface area contributed by atoms with Crippen LogP contribution in [0.15, 0.2) is 5.11 Å². The molecule has 0 fully saturated rings. The van der Waals surface area contributed by atoms with Crippen LogP contribution in [0.2, 0.25) is 0 Å². The number of hydrogen-bond acceptors (Lipinski definition) is 4. The maximum Gasteiger partial charge on any atom is 0.404 e. The molecule has 0 aromatic heterocycles. The minimum atomic E-state index is -1.13. The molecule has 7 heteroatoms. The van der Waals surface area contributed by atoms with Gasteiger partial charge < -0.3 is 15.2 Å². The number of carbonyl (C=O) groups is 1. The molecule has 0 aliphatic carbocycles. The van der Waals surface area contributed by atoms with Crippen molar-refractivity contribution >= 4 is 6.09 Å². The smallest absolute Gasteiger partial charge is 0.404 e. The number of nitrogens with one attached hydrogen (secondary N) is 2. The molecule has 86 valence electrons. The maximum atomic E-state index is 10.2. The summed E-state index contributed by atoms with van der Waals surface area (Å²) >= 11 is 0. The molecule has 0 aromatic rings. The lowest BCUT2D eigenvalue weighted by molar-refractivity contribution is -0.0102. The fourth-order valence-electron chi connectivity index (χ4n) is 0.766. The highest BCUT2D eigenvalue weighted by molar-refractivity contribution is 5.64. The summed E-state index contributed by atoms with van der Waals surface area (Å²) in [6.45, 7) is 5.96. The van der Waals surface area contributed by atoms with Gasteiger partial charge in [0, 0.05) is 0 Å². The zero-order valence-electron chi connectivity index (χ0n) is 9.15. The molecule has 7 nitrogen and oxygen atoms in total. The molecule has 0 aliphatic heterocycles. The van der Waals surface area contributed by atoms with Crippen molar-refractivity contribution in [2.24, 2.45) is 5.11 Å². The van der Waals surface area contributed by atoms with Crippen molar-refractivity contribution in [1.82, 2.24) is 10.2 Å². The lowest BCUT2D eigenvalue weighted by Crippen LogP contribution is -2.35. The molecule has 3 N–H and O–H groups in total. The van der Waals surface area contributed by atoms with Crippen LogP contribution in [0.5, 0.6) is 0 Å². The molecule has 15 heavy (non-hydrogen) atoms. The van der Waals surface area contributed by atoms with Crippen LogP contribution in [0.4, 0.5) is 4.79 Å². The van der Waals surface area contributed by atoms with E-state index in [1.807, 2.05) is 20.8 Å². The van der Waals surface area contributed by atoms with Crippen molar-refractivity contribution in [2.75, 3.05) is 13.2 Å². The molecule has 1 unspecified atom stereocenters. The zero-order valence-corrected chi connectivity index (χ0v) is 9.15. The van der Waals surface area contributed by atoms with Gasteiger partial charge in [-0.15, -0.1) is 0 Å². The third kappa shape index (κ3) is 8.86. The molecule has 0 spiro atoms. The fraction of sp³-hybridized carbons (Fsp3) is 0.875. The standard InChI is InChI=1S/C8H16N4O3/c1-8(2,3)15-5-6(11-12-9)4-10-7(13)14/h6,9-10H,4-5H2,1-3H3/p+1. The summed E-state index contributed by atoms with van der Waals surface area (Å²) < 4.78 is 5.41. The molecule has 0 aliphatic rings. The van der Waals surface area contributed by atoms with E-state index in [1.165, 1.54) is 0 Å². The van der Waals surface area contributed by atoms with Gasteiger partial charge in [-0.05, 0) is 20.8 Å². The largest absolute Gasteiger partial charge is 0.465 e. The predicted octanol–water partition coefficient (Wildman–Crippen LogP) is 0.988. The van der Waals surface area contributed by atoms with Gasteiger partial charge in [0.2, 0.25) is 4.91 Å². The van der Waals surface area contributed by atoms with Gasteiger partial charge in [-0.3, -0.25) is 0 Å². The van der Waals surface area contributed by atoms with E-state index in [9.17, 15) is 4.79 Å².